The molecule has 3 N–H and O–H groups in total. The number of carbonyl (C=O) groups excluding carboxylic acids is 1. The molecule has 1 amide bonds. The van der Waals surface area contributed by atoms with Gasteiger partial charge in [0, 0.05) is 11.7 Å². The molecule has 0 bridgehead atoms. The van der Waals surface area contributed by atoms with Gasteiger partial charge in [-0.25, -0.2) is 4.79 Å². The highest BCUT2D eigenvalue weighted by Crippen LogP contribution is 2.20. The summed E-state index contributed by atoms with van der Waals surface area (Å²) in [5.41, 5.74) is 2.35. The third kappa shape index (κ3) is 4.04. The lowest BCUT2D eigenvalue weighted by atomic mass is 10.0. The molecule has 0 unspecified atom stereocenters. The molecule has 1 aromatic rings. The summed E-state index contributed by atoms with van der Waals surface area (Å²) in [6, 6.07) is 3.75. The number of aryl methyl sites for hydroxylation is 1. The van der Waals surface area contributed by atoms with Gasteiger partial charge in [0.15, 0.2) is 0 Å². The fourth-order valence-electron chi connectivity index (χ4n) is 2.73. The zero-order chi connectivity index (χ0) is 15.4. The van der Waals surface area contributed by atoms with Gasteiger partial charge in [0.05, 0.1) is 12.1 Å². The number of nitrogens with one attached hydrogen (secondary N) is 2. The maximum atomic E-state index is 11.9. The van der Waals surface area contributed by atoms with Gasteiger partial charge in [0.25, 0.3) is 0 Å². The van der Waals surface area contributed by atoms with E-state index in [1.165, 1.54) is 18.9 Å². The van der Waals surface area contributed by atoms with Crippen LogP contribution in [0.15, 0.2) is 12.1 Å². The number of hydrogen-bond acceptors (Lipinski definition) is 3. The minimum absolute atomic E-state index is 0.138. The first-order valence-electron chi connectivity index (χ1n) is 7.35. The number of aromatic carboxylic acids is 1. The molecular weight excluding hydrogens is 268 g/mol. The normalized spacial score (nSPS) is 15.1. The first-order valence-corrected chi connectivity index (χ1v) is 7.35. The number of rotatable bonds is 5. The van der Waals surface area contributed by atoms with Gasteiger partial charge in [-0.2, -0.15) is 0 Å². The quantitative estimate of drug-likeness (QED) is 0.778. The molecule has 2 rings (SSSR count). The Balaban J connectivity index is 1.98. The van der Waals surface area contributed by atoms with Crippen molar-refractivity contribution in [2.45, 2.75) is 45.6 Å². The molecular formula is C16H22N2O3. The molecule has 1 saturated carbocycles. The zero-order valence-electron chi connectivity index (χ0n) is 12.5. The number of benzene rings is 1. The molecule has 0 aliphatic heterocycles. The Bertz CT molecular complexity index is 549. The third-order valence-corrected chi connectivity index (χ3v) is 4.09. The van der Waals surface area contributed by atoms with Gasteiger partial charge >= 0.3 is 5.97 Å². The van der Waals surface area contributed by atoms with Crippen LogP contribution in [0.25, 0.3) is 0 Å². The van der Waals surface area contributed by atoms with Crippen LogP contribution in [-0.2, 0) is 4.79 Å². The predicted molar refractivity (Wildman–Crippen MR) is 81.8 cm³/mol. The van der Waals surface area contributed by atoms with Crippen molar-refractivity contribution in [2.75, 3.05) is 11.9 Å². The van der Waals surface area contributed by atoms with Crippen LogP contribution in [0.5, 0.6) is 0 Å². The summed E-state index contributed by atoms with van der Waals surface area (Å²) < 4.78 is 0. The molecule has 1 fully saturated rings. The number of carboxylic acids is 1. The van der Waals surface area contributed by atoms with E-state index in [0.717, 1.165) is 24.0 Å². The van der Waals surface area contributed by atoms with E-state index >= 15 is 0 Å². The van der Waals surface area contributed by atoms with Crippen molar-refractivity contribution in [1.29, 1.82) is 0 Å². The van der Waals surface area contributed by atoms with Crippen LogP contribution in [0.1, 0.15) is 47.2 Å². The molecule has 114 valence electrons. The second-order valence-corrected chi connectivity index (χ2v) is 5.68. The maximum Gasteiger partial charge on any atom is 0.336 e. The van der Waals surface area contributed by atoms with E-state index in [0.29, 0.717) is 11.7 Å². The Hall–Kier alpha value is -1.88. The minimum atomic E-state index is -0.976. The van der Waals surface area contributed by atoms with Gasteiger partial charge in [-0.05, 0) is 49.9 Å². The molecule has 0 saturated heterocycles. The van der Waals surface area contributed by atoms with Gasteiger partial charge < -0.3 is 15.7 Å². The SMILES string of the molecule is Cc1cc(NC(=O)CNC2CCCC2)cc(C(=O)O)c1C. The molecule has 0 aromatic heterocycles. The van der Waals surface area contributed by atoms with Crippen molar-refractivity contribution in [3.63, 3.8) is 0 Å². The molecule has 0 radical (unpaired) electrons. The lowest BCUT2D eigenvalue weighted by Gasteiger charge is -2.13. The number of carboxylic acid groups (broad SMARTS) is 1. The van der Waals surface area contributed by atoms with E-state index in [9.17, 15) is 14.7 Å². The summed E-state index contributed by atoms with van der Waals surface area (Å²) in [4.78, 5) is 23.1. The molecule has 21 heavy (non-hydrogen) atoms. The second-order valence-electron chi connectivity index (χ2n) is 5.68. The van der Waals surface area contributed by atoms with Crippen molar-refractivity contribution in [1.82, 2.24) is 5.32 Å². The highest BCUT2D eigenvalue weighted by atomic mass is 16.4. The molecule has 1 aliphatic carbocycles. The van der Waals surface area contributed by atoms with Gasteiger partial charge in [-0.1, -0.05) is 12.8 Å². The molecule has 0 spiro atoms. The third-order valence-electron chi connectivity index (χ3n) is 4.09. The standard InChI is InChI=1S/C16H22N2O3/c1-10-7-13(8-14(11(10)2)16(20)21)18-15(19)9-17-12-5-3-4-6-12/h7-8,12,17H,3-6,9H2,1-2H3,(H,18,19)(H,20,21). The highest BCUT2D eigenvalue weighted by molar-refractivity contribution is 5.96. The number of carbonyl (C=O) groups is 2. The Labute approximate surface area is 124 Å². The van der Waals surface area contributed by atoms with Crippen LogP contribution in [0, 0.1) is 13.8 Å². The molecule has 0 atom stereocenters. The fraction of sp³-hybridized carbons (Fsp3) is 0.500. The van der Waals surface area contributed by atoms with Crippen molar-refractivity contribution < 1.29 is 14.7 Å². The van der Waals surface area contributed by atoms with Crippen LogP contribution in [0.4, 0.5) is 5.69 Å². The van der Waals surface area contributed by atoms with E-state index in [1.54, 1.807) is 13.0 Å². The summed E-state index contributed by atoms with van der Waals surface area (Å²) in [5, 5.41) is 15.2. The van der Waals surface area contributed by atoms with Crippen LogP contribution in [0.2, 0.25) is 0 Å². The Morgan fingerprint density at radius 1 is 1.24 bits per heavy atom. The lowest BCUT2D eigenvalue weighted by Crippen LogP contribution is -2.34. The lowest BCUT2D eigenvalue weighted by molar-refractivity contribution is -0.115. The number of amides is 1. The van der Waals surface area contributed by atoms with Crippen molar-refractivity contribution in [3.8, 4) is 0 Å². The van der Waals surface area contributed by atoms with E-state index in [1.807, 2.05) is 6.92 Å². The molecule has 5 nitrogen and oxygen atoms in total. The van der Waals surface area contributed by atoms with Gasteiger partial charge in [-0.15, -0.1) is 0 Å². The Morgan fingerprint density at radius 3 is 2.52 bits per heavy atom. The van der Waals surface area contributed by atoms with Gasteiger partial charge in [0.1, 0.15) is 0 Å². The fourth-order valence-corrected chi connectivity index (χ4v) is 2.73. The Kier molecular flexibility index (Phi) is 4.96. The predicted octanol–water partition coefficient (Wildman–Crippen LogP) is 2.47. The van der Waals surface area contributed by atoms with Crippen molar-refractivity contribution in [3.05, 3.63) is 28.8 Å². The average molecular weight is 290 g/mol. The second kappa shape index (κ2) is 6.72. The zero-order valence-corrected chi connectivity index (χ0v) is 12.5. The summed E-state index contributed by atoms with van der Waals surface area (Å²) in [6.07, 6.45) is 4.69. The minimum Gasteiger partial charge on any atom is -0.478 e. The monoisotopic (exact) mass is 290 g/mol. The molecule has 1 aromatic carbocycles. The van der Waals surface area contributed by atoms with Gasteiger partial charge in [0.2, 0.25) is 5.91 Å². The number of hydrogen-bond donors (Lipinski definition) is 3. The van der Waals surface area contributed by atoms with Crippen LogP contribution in [-0.4, -0.2) is 29.6 Å². The maximum absolute atomic E-state index is 11.9. The summed E-state index contributed by atoms with van der Waals surface area (Å²) in [6.45, 7) is 3.88. The smallest absolute Gasteiger partial charge is 0.336 e. The number of anilines is 1. The highest BCUT2D eigenvalue weighted by Gasteiger charge is 2.16. The average Bonchev–Trinajstić information content (AvgIpc) is 2.93. The molecule has 5 heteroatoms. The Morgan fingerprint density at radius 2 is 1.90 bits per heavy atom. The first-order chi connectivity index (χ1) is 9.97. The summed E-state index contributed by atoms with van der Waals surface area (Å²) in [5.74, 6) is -1.11. The van der Waals surface area contributed by atoms with Crippen LogP contribution < -0.4 is 10.6 Å². The van der Waals surface area contributed by atoms with E-state index in [-0.39, 0.29) is 18.0 Å². The van der Waals surface area contributed by atoms with Gasteiger partial charge in [-0.3, -0.25) is 4.79 Å². The van der Waals surface area contributed by atoms with E-state index < -0.39 is 5.97 Å². The van der Waals surface area contributed by atoms with E-state index in [2.05, 4.69) is 10.6 Å². The van der Waals surface area contributed by atoms with Crippen molar-refractivity contribution in [2.24, 2.45) is 0 Å². The molecule has 0 heterocycles. The largest absolute Gasteiger partial charge is 0.478 e. The first kappa shape index (κ1) is 15.5. The van der Waals surface area contributed by atoms with Crippen LogP contribution in [0.3, 0.4) is 0 Å². The molecule has 1 aliphatic rings. The van der Waals surface area contributed by atoms with Crippen LogP contribution >= 0.6 is 0 Å². The summed E-state index contributed by atoms with van der Waals surface area (Å²) >= 11 is 0. The summed E-state index contributed by atoms with van der Waals surface area (Å²) in [7, 11) is 0. The topological polar surface area (TPSA) is 78.4 Å². The van der Waals surface area contributed by atoms with Crippen molar-refractivity contribution >= 4 is 17.6 Å². The van der Waals surface area contributed by atoms with E-state index in [4.69, 9.17) is 0 Å².